The van der Waals surface area contributed by atoms with Gasteiger partial charge in [-0.15, -0.1) is 6.42 Å². The van der Waals surface area contributed by atoms with Crippen molar-refractivity contribution in [3.8, 4) is 18.1 Å². The Balaban J connectivity index is 1.71. The predicted octanol–water partition coefficient (Wildman–Crippen LogP) is 2.11. The van der Waals surface area contributed by atoms with Crippen LogP contribution in [-0.4, -0.2) is 31.2 Å². The number of nitrogens with zero attached hydrogens (tertiary/aromatic N) is 1. The first-order valence-electron chi connectivity index (χ1n) is 8.11. The number of carbonyl (C=O) groups is 2. The summed E-state index contributed by atoms with van der Waals surface area (Å²) in [7, 11) is 0. The highest BCUT2D eigenvalue weighted by atomic mass is 19.1. The van der Waals surface area contributed by atoms with E-state index in [9.17, 15) is 14.0 Å². The molecule has 27 heavy (non-hydrogen) atoms. The van der Waals surface area contributed by atoms with Crippen molar-refractivity contribution in [2.75, 3.05) is 13.2 Å². The minimum absolute atomic E-state index is 0.0103. The van der Waals surface area contributed by atoms with Gasteiger partial charge in [0.15, 0.2) is 0 Å². The molecule has 7 heteroatoms. The molecule has 0 fully saturated rings. The lowest BCUT2D eigenvalue weighted by molar-refractivity contribution is -0.120. The number of amides is 2. The molecule has 2 amide bonds. The summed E-state index contributed by atoms with van der Waals surface area (Å²) >= 11 is 0. The van der Waals surface area contributed by atoms with E-state index in [0.717, 1.165) is 5.56 Å². The Hall–Kier alpha value is -3.66. The summed E-state index contributed by atoms with van der Waals surface area (Å²) in [5.74, 6) is 1.45. The summed E-state index contributed by atoms with van der Waals surface area (Å²) in [5.41, 5.74) is 3.05. The maximum Gasteiger partial charge on any atom is 0.254 e. The maximum atomic E-state index is 13.5. The average Bonchev–Trinajstić information content (AvgIpc) is 2.67. The number of rotatable bonds is 8. The van der Waals surface area contributed by atoms with E-state index in [2.05, 4.69) is 21.8 Å². The second kappa shape index (κ2) is 10.4. The predicted molar refractivity (Wildman–Crippen MR) is 99.9 cm³/mol. The molecule has 0 bridgehead atoms. The van der Waals surface area contributed by atoms with E-state index in [0.29, 0.717) is 5.75 Å². The van der Waals surface area contributed by atoms with Gasteiger partial charge in [-0.2, -0.15) is 5.10 Å². The van der Waals surface area contributed by atoms with E-state index in [1.165, 1.54) is 24.4 Å². The van der Waals surface area contributed by atoms with Gasteiger partial charge in [0.05, 0.1) is 11.8 Å². The lowest BCUT2D eigenvalue weighted by Gasteiger charge is -2.05. The Morgan fingerprint density at radius 1 is 1.19 bits per heavy atom. The van der Waals surface area contributed by atoms with Gasteiger partial charge in [0.1, 0.15) is 18.2 Å². The SMILES string of the molecule is C#CCOc1ccc(C=NNC(=O)CCNC(=O)c2ccccc2F)cc1. The van der Waals surface area contributed by atoms with Crippen LogP contribution < -0.4 is 15.5 Å². The molecule has 0 atom stereocenters. The Bertz CT molecular complexity index is 858. The van der Waals surface area contributed by atoms with Gasteiger partial charge in [-0.1, -0.05) is 18.1 Å². The molecule has 2 aromatic carbocycles. The number of ether oxygens (including phenoxy) is 1. The number of carbonyl (C=O) groups excluding carboxylic acids is 2. The molecule has 0 heterocycles. The van der Waals surface area contributed by atoms with E-state index in [4.69, 9.17) is 11.2 Å². The van der Waals surface area contributed by atoms with Gasteiger partial charge in [-0.3, -0.25) is 9.59 Å². The third kappa shape index (κ3) is 6.63. The summed E-state index contributed by atoms with van der Waals surface area (Å²) in [4.78, 5) is 23.5. The van der Waals surface area contributed by atoms with Crippen LogP contribution in [0, 0.1) is 18.2 Å². The maximum absolute atomic E-state index is 13.5. The summed E-state index contributed by atoms with van der Waals surface area (Å²) in [6.07, 6.45) is 6.59. The molecule has 0 aliphatic heterocycles. The Labute approximate surface area is 156 Å². The highest BCUT2D eigenvalue weighted by Gasteiger charge is 2.10. The van der Waals surface area contributed by atoms with Gasteiger partial charge < -0.3 is 10.1 Å². The van der Waals surface area contributed by atoms with Crippen LogP contribution in [0.2, 0.25) is 0 Å². The van der Waals surface area contributed by atoms with Gasteiger partial charge >= 0.3 is 0 Å². The molecular weight excluding hydrogens is 349 g/mol. The fourth-order valence-corrected chi connectivity index (χ4v) is 2.04. The van der Waals surface area contributed by atoms with Gasteiger partial charge in [0, 0.05) is 13.0 Å². The van der Waals surface area contributed by atoms with Crippen molar-refractivity contribution in [3.63, 3.8) is 0 Å². The normalized spacial score (nSPS) is 10.2. The van der Waals surface area contributed by atoms with E-state index in [1.807, 2.05) is 0 Å². The van der Waals surface area contributed by atoms with Crippen molar-refractivity contribution in [2.45, 2.75) is 6.42 Å². The van der Waals surface area contributed by atoms with Crippen molar-refractivity contribution < 1.29 is 18.7 Å². The Morgan fingerprint density at radius 2 is 1.93 bits per heavy atom. The molecule has 0 unspecified atom stereocenters. The smallest absolute Gasteiger partial charge is 0.254 e. The van der Waals surface area contributed by atoms with E-state index in [-0.39, 0.29) is 31.0 Å². The number of halogens is 1. The van der Waals surface area contributed by atoms with Crippen LogP contribution in [-0.2, 0) is 4.79 Å². The van der Waals surface area contributed by atoms with Crippen LogP contribution >= 0.6 is 0 Å². The molecule has 0 spiro atoms. The summed E-state index contributed by atoms with van der Waals surface area (Å²) < 4.78 is 18.7. The van der Waals surface area contributed by atoms with Crippen LogP contribution in [0.3, 0.4) is 0 Å². The second-order valence-electron chi connectivity index (χ2n) is 5.34. The van der Waals surface area contributed by atoms with E-state index in [1.54, 1.807) is 30.3 Å². The molecule has 6 nitrogen and oxygen atoms in total. The number of hydrogen-bond acceptors (Lipinski definition) is 4. The fraction of sp³-hybridized carbons (Fsp3) is 0.150. The summed E-state index contributed by atoms with van der Waals surface area (Å²) in [6.45, 7) is 0.257. The van der Waals surface area contributed by atoms with E-state index < -0.39 is 11.7 Å². The Morgan fingerprint density at radius 3 is 2.63 bits per heavy atom. The fourth-order valence-electron chi connectivity index (χ4n) is 2.04. The highest BCUT2D eigenvalue weighted by molar-refractivity contribution is 5.94. The largest absolute Gasteiger partial charge is 0.481 e. The molecule has 0 saturated carbocycles. The van der Waals surface area contributed by atoms with Crippen LogP contribution in [0.4, 0.5) is 4.39 Å². The number of terminal acetylenes is 1. The van der Waals surface area contributed by atoms with E-state index >= 15 is 0 Å². The van der Waals surface area contributed by atoms with Gasteiger partial charge in [0.25, 0.3) is 5.91 Å². The molecule has 2 aromatic rings. The molecule has 0 aliphatic rings. The molecular formula is C20H18FN3O3. The van der Waals surface area contributed by atoms with Crippen molar-refractivity contribution >= 4 is 18.0 Å². The van der Waals surface area contributed by atoms with Gasteiger partial charge in [-0.25, -0.2) is 9.82 Å². The standard InChI is InChI=1S/C20H18FN3O3/c1-2-13-27-16-9-7-15(8-10-16)14-23-24-19(25)11-12-22-20(26)17-5-3-4-6-18(17)21/h1,3-10,14H,11-13H2,(H,22,26)(H,24,25). The van der Waals surface area contributed by atoms with Crippen molar-refractivity contribution in [1.29, 1.82) is 0 Å². The third-order valence-electron chi connectivity index (χ3n) is 3.36. The van der Waals surface area contributed by atoms with Crippen LogP contribution in [0.25, 0.3) is 0 Å². The van der Waals surface area contributed by atoms with Crippen molar-refractivity contribution in [3.05, 3.63) is 65.5 Å². The number of hydrogen-bond donors (Lipinski definition) is 2. The molecule has 0 aliphatic carbocycles. The molecule has 0 radical (unpaired) electrons. The number of nitrogens with one attached hydrogen (secondary N) is 2. The molecule has 2 N–H and O–H groups in total. The Kier molecular flexibility index (Phi) is 7.54. The molecule has 0 aromatic heterocycles. The topological polar surface area (TPSA) is 79.8 Å². The van der Waals surface area contributed by atoms with Gasteiger partial charge in [0.2, 0.25) is 5.91 Å². The molecule has 138 valence electrons. The van der Waals surface area contributed by atoms with Crippen LogP contribution in [0.5, 0.6) is 5.75 Å². The first kappa shape index (κ1) is 19.7. The summed E-state index contributed by atoms with van der Waals surface area (Å²) in [5, 5.41) is 6.32. The zero-order valence-corrected chi connectivity index (χ0v) is 14.4. The average molecular weight is 367 g/mol. The number of hydrazone groups is 1. The first-order valence-corrected chi connectivity index (χ1v) is 8.11. The quantitative estimate of drug-likeness (QED) is 0.426. The monoisotopic (exact) mass is 367 g/mol. The second-order valence-corrected chi connectivity index (χ2v) is 5.34. The lowest BCUT2D eigenvalue weighted by Crippen LogP contribution is -2.29. The third-order valence-corrected chi connectivity index (χ3v) is 3.36. The summed E-state index contributed by atoms with van der Waals surface area (Å²) in [6, 6.07) is 12.6. The van der Waals surface area contributed by atoms with Crippen LogP contribution in [0.15, 0.2) is 53.6 Å². The van der Waals surface area contributed by atoms with Crippen molar-refractivity contribution in [2.24, 2.45) is 5.10 Å². The minimum atomic E-state index is -0.611. The first-order chi connectivity index (χ1) is 13.1. The molecule has 2 rings (SSSR count). The van der Waals surface area contributed by atoms with Crippen molar-refractivity contribution in [1.82, 2.24) is 10.7 Å². The molecule has 0 saturated heterocycles. The minimum Gasteiger partial charge on any atom is -0.481 e. The van der Waals surface area contributed by atoms with Crippen LogP contribution in [0.1, 0.15) is 22.3 Å². The zero-order valence-electron chi connectivity index (χ0n) is 14.4. The highest BCUT2D eigenvalue weighted by Crippen LogP contribution is 2.10. The zero-order chi connectivity index (χ0) is 19.5. The van der Waals surface area contributed by atoms with Gasteiger partial charge in [-0.05, 0) is 42.0 Å². The lowest BCUT2D eigenvalue weighted by atomic mass is 10.2. The number of benzene rings is 2.